The number of aliphatic hydroxyl groups excluding tert-OH is 1. The van der Waals surface area contributed by atoms with Gasteiger partial charge in [0.05, 0.1) is 19.8 Å². The zero-order valence-corrected chi connectivity index (χ0v) is 14.8. The van der Waals surface area contributed by atoms with E-state index in [2.05, 4.69) is 10.2 Å². The van der Waals surface area contributed by atoms with E-state index in [1.165, 1.54) is 4.90 Å². The Morgan fingerprint density at radius 1 is 1.33 bits per heavy atom. The van der Waals surface area contributed by atoms with Crippen LogP contribution in [0.15, 0.2) is 30.3 Å². The molecule has 6 nitrogen and oxygen atoms in total. The summed E-state index contributed by atoms with van der Waals surface area (Å²) in [6.45, 7) is 5.97. The Hall–Kier alpha value is -2.34. The van der Waals surface area contributed by atoms with E-state index in [0.717, 1.165) is 17.0 Å². The average molecular weight is 331 g/mol. The fourth-order valence-electron chi connectivity index (χ4n) is 2.42. The van der Waals surface area contributed by atoms with E-state index in [1.807, 2.05) is 45.0 Å². The molecule has 24 heavy (non-hydrogen) atoms. The highest BCUT2D eigenvalue weighted by Crippen LogP contribution is 2.25. The Morgan fingerprint density at radius 2 is 1.96 bits per heavy atom. The molecule has 0 saturated carbocycles. The Balaban J connectivity index is 2.22. The number of rotatable bonds is 5. The number of hydrogen-bond acceptors (Lipinski definition) is 4. The van der Waals surface area contributed by atoms with E-state index < -0.39 is 6.04 Å². The second kappa shape index (κ2) is 7.05. The number of carbonyl (C=O) groups is 1. The first kappa shape index (κ1) is 18.0. The first-order chi connectivity index (χ1) is 11.3. The Labute approximate surface area is 142 Å². The summed E-state index contributed by atoms with van der Waals surface area (Å²) in [5, 5.41) is 16.8. The maximum absolute atomic E-state index is 12.7. The molecule has 2 aromatic rings. The van der Waals surface area contributed by atoms with Crippen LogP contribution in [-0.4, -0.2) is 46.9 Å². The number of aliphatic hydroxyl groups is 1. The summed E-state index contributed by atoms with van der Waals surface area (Å²) in [5.41, 5.74) is 1.95. The monoisotopic (exact) mass is 331 g/mol. The first-order valence-corrected chi connectivity index (χ1v) is 7.85. The molecule has 0 aliphatic carbocycles. The van der Waals surface area contributed by atoms with Gasteiger partial charge < -0.3 is 14.7 Å². The van der Waals surface area contributed by atoms with Crippen LogP contribution in [0.25, 0.3) is 0 Å². The maximum Gasteiger partial charge on any atom is 0.274 e. The van der Waals surface area contributed by atoms with Crippen LogP contribution in [-0.2, 0) is 5.41 Å². The number of likely N-dealkylation sites (N-methyl/N-ethyl adjacent to an activating group) is 1. The molecule has 0 fully saturated rings. The van der Waals surface area contributed by atoms with Gasteiger partial charge in [0.15, 0.2) is 0 Å². The summed E-state index contributed by atoms with van der Waals surface area (Å²) < 4.78 is 5.14. The molecular formula is C18H25N3O3. The van der Waals surface area contributed by atoms with Gasteiger partial charge in [-0.15, -0.1) is 0 Å². The molecule has 2 N–H and O–H groups in total. The third kappa shape index (κ3) is 3.76. The van der Waals surface area contributed by atoms with Crippen LogP contribution in [0.1, 0.15) is 48.6 Å². The normalized spacial score (nSPS) is 12.8. The molecule has 0 aliphatic heterocycles. The molecule has 0 aliphatic rings. The smallest absolute Gasteiger partial charge is 0.274 e. The average Bonchev–Trinajstić information content (AvgIpc) is 3.05. The van der Waals surface area contributed by atoms with Gasteiger partial charge in [0.2, 0.25) is 0 Å². The molecule has 1 unspecified atom stereocenters. The topological polar surface area (TPSA) is 78.5 Å². The van der Waals surface area contributed by atoms with Crippen LogP contribution in [0, 0.1) is 0 Å². The summed E-state index contributed by atoms with van der Waals surface area (Å²) >= 11 is 0. The number of ether oxygens (including phenoxy) is 1. The lowest BCUT2D eigenvalue weighted by Gasteiger charge is -2.26. The van der Waals surface area contributed by atoms with Gasteiger partial charge in [-0.25, -0.2) is 0 Å². The van der Waals surface area contributed by atoms with Crippen molar-refractivity contribution < 1.29 is 14.6 Å². The number of methoxy groups -OCH3 is 1. The summed E-state index contributed by atoms with van der Waals surface area (Å²) in [6.07, 6.45) is 0. The maximum atomic E-state index is 12.7. The Bertz CT molecular complexity index is 686. The molecule has 1 aromatic heterocycles. The molecule has 0 spiro atoms. The number of hydrogen-bond donors (Lipinski definition) is 2. The predicted octanol–water partition coefficient (Wildman–Crippen LogP) is 2.52. The van der Waals surface area contributed by atoms with Crippen molar-refractivity contribution >= 4 is 5.91 Å². The van der Waals surface area contributed by atoms with E-state index in [-0.39, 0.29) is 17.9 Å². The van der Waals surface area contributed by atoms with Gasteiger partial charge >= 0.3 is 0 Å². The molecular weight excluding hydrogens is 306 g/mol. The highest BCUT2D eigenvalue weighted by Gasteiger charge is 2.26. The standard InChI is InChI=1S/C18H25N3O3/c1-18(2,3)16-10-14(19-20-16)17(23)21(4)15(11-22)12-6-8-13(24-5)9-7-12/h6-10,15,22H,11H2,1-5H3,(H,19,20). The fraction of sp³-hybridized carbons (Fsp3) is 0.444. The van der Waals surface area contributed by atoms with Gasteiger partial charge in [-0.2, -0.15) is 5.10 Å². The number of carbonyl (C=O) groups excluding carboxylic acids is 1. The second-order valence-electron chi connectivity index (χ2n) is 6.80. The summed E-state index contributed by atoms with van der Waals surface area (Å²) in [6, 6.07) is 8.62. The molecule has 1 amide bonds. The lowest BCUT2D eigenvalue weighted by molar-refractivity contribution is 0.0652. The van der Waals surface area contributed by atoms with Crippen molar-refractivity contribution in [3.05, 3.63) is 47.3 Å². The Kier molecular flexibility index (Phi) is 5.29. The van der Waals surface area contributed by atoms with Crippen LogP contribution >= 0.6 is 0 Å². The molecule has 0 saturated heterocycles. The van der Waals surface area contributed by atoms with Crippen LogP contribution in [0.3, 0.4) is 0 Å². The largest absolute Gasteiger partial charge is 0.497 e. The SMILES string of the molecule is COc1ccc(C(CO)N(C)C(=O)c2cc(C(C)(C)C)[nH]n2)cc1. The lowest BCUT2D eigenvalue weighted by atomic mass is 9.92. The minimum Gasteiger partial charge on any atom is -0.497 e. The van der Waals surface area contributed by atoms with Crippen molar-refractivity contribution in [2.24, 2.45) is 0 Å². The van der Waals surface area contributed by atoms with E-state index in [9.17, 15) is 9.90 Å². The van der Waals surface area contributed by atoms with Crippen molar-refractivity contribution in [3.8, 4) is 5.75 Å². The van der Waals surface area contributed by atoms with Crippen LogP contribution in [0.5, 0.6) is 5.75 Å². The molecule has 1 heterocycles. The molecule has 0 radical (unpaired) electrons. The van der Waals surface area contributed by atoms with Gasteiger partial charge in [-0.3, -0.25) is 9.89 Å². The fourth-order valence-corrected chi connectivity index (χ4v) is 2.42. The quantitative estimate of drug-likeness (QED) is 0.882. The van der Waals surface area contributed by atoms with Crippen molar-refractivity contribution in [1.29, 1.82) is 0 Å². The third-order valence-electron chi connectivity index (χ3n) is 4.07. The summed E-state index contributed by atoms with van der Waals surface area (Å²) in [4.78, 5) is 14.2. The van der Waals surface area contributed by atoms with Crippen LogP contribution in [0.4, 0.5) is 0 Å². The minimum atomic E-state index is -0.446. The molecule has 2 rings (SSSR count). The van der Waals surface area contributed by atoms with Crippen molar-refractivity contribution in [2.45, 2.75) is 32.2 Å². The number of aromatic amines is 1. The van der Waals surface area contributed by atoms with Gasteiger partial charge in [-0.1, -0.05) is 32.9 Å². The number of benzene rings is 1. The van der Waals surface area contributed by atoms with E-state index in [1.54, 1.807) is 20.2 Å². The molecule has 130 valence electrons. The highest BCUT2D eigenvalue weighted by molar-refractivity contribution is 5.92. The van der Waals surface area contributed by atoms with Gasteiger partial charge in [-0.05, 0) is 23.8 Å². The summed E-state index contributed by atoms with van der Waals surface area (Å²) in [5.74, 6) is 0.489. The van der Waals surface area contributed by atoms with E-state index in [4.69, 9.17) is 4.74 Å². The van der Waals surface area contributed by atoms with Crippen molar-refractivity contribution in [3.63, 3.8) is 0 Å². The number of aromatic nitrogens is 2. The van der Waals surface area contributed by atoms with E-state index >= 15 is 0 Å². The van der Waals surface area contributed by atoms with Crippen molar-refractivity contribution in [2.75, 3.05) is 20.8 Å². The molecule has 6 heteroatoms. The number of amides is 1. The minimum absolute atomic E-state index is 0.115. The van der Waals surface area contributed by atoms with E-state index in [0.29, 0.717) is 5.69 Å². The highest BCUT2D eigenvalue weighted by atomic mass is 16.5. The number of H-pyrrole nitrogens is 1. The third-order valence-corrected chi connectivity index (χ3v) is 4.07. The van der Waals surface area contributed by atoms with Gasteiger partial charge in [0.1, 0.15) is 11.4 Å². The second-order valence-corrected chi connectivity index (χ2v) is 6.80. The van der Waals surface area contributed by atoms with Gasteiger partial charge in [0.25, 0.3) is 5.91 Å². The molecule has 0 bridgehead atoms. The summed E-state index contributed by atoms with van der Waals surface area (Å²) in [7, 11) is 3.26. The van der Waals surface area contributed by atoms with Gasteiger partial charge in [0, 0.05) is 18.2 Å². The Morgan fingerprint density at radius 3 is 2.42 bits per heavy atom. The lowest BCUT2D eigenvalue weighted by Crippen LogP contribution is -2.33. The zero-order chi connectivity index (χ0) is 17.9. The number of nitrogens with one attached hydrogen (secondary N) is 1. The molecule has 1 atom stereocenters. The first-order valence-electron chi connectivity index (χ1n) is 7.85. The van der Waals surface area contributed by atoms with Crippen LogP contribution < -0.4 is 4.74 Å². The molecule has 1 aromatic carbocycles. The predicted molar refractivity (Wildman–Crippen MR) is 92.2 cm³/mol. The zero-order valence-electron chi connectivity index (χ0n) is 14.8. The van der Waals surface area contributed by atoms with Crippen LogP contribution in [0.2, 0.25) is 0 Å². The van der Waals surface area contributed by atoms with Crippen molar-refractivity contribution in [1.82, 2.24) is 15.1 Å². The number of nitrogens with zero attached hydrogens (tertiary/aromatic N) is 2.